The van der Waals surface area contributed by atoms with E-state index in [0.29, 0.717) is 5.56 Å². The lowest BCUT2D eigenvalue weighted by atomic mass is 10.00. The summed E-state index contributed by atoms with van der Waals surface area (Å²) in [6, 6.07) is 24.4. The first kappa shape index (κ1) is 23.5. The van der Waals surface area contributed by atoms with Crippen molar-refractivity contribution in [3.63, 3.8) is 0 Å². The zero-order valence-electron chi connectivity index (χ0n) is 19.3. The van der Waals surface area contributed by atoms with Gasteiger partial charge in [0, 0.05) is 5.56 Å². The Morgan fingerprint density at radius 3 is 2.03 bits per heavy atom. The van der Waals surface area contributed by atoms with Crippen molar-refractivity contribution in [3.8, 4) is 16.9 Å². The van der Waals surface area contributed by atoms with Crippen molar-refractivity contribution < 1.29 is 9.53 Å². The van der Waals surface area contributed by atoms with Crippen LogP contribution in [0.2, 0.25) is 0 Å². The van der Waals surface area contributed by atoms with E-state index in [-0.39, 0.29) is 5.78 Å². The highest BCUT2D eigenvalue weighted by Crippen LogP contribution is 2.21. The molecule has 0 aromatic heterocycles. The van der Waals surface area contributed by atoms with E-state index in [4.69, 9.17) is 4.74 Å². The first-order valence-electron chi connectivity index (χ1n) is 11.8. The van der Waals surface area contributed by atoms with Crippen LogP contribution in [0.25, 0.3) is 17.2 Å². The summed E-state index contributed by atoms with van der Waals surface area (Å²) in [5.41, 5.74) is 5.34. The van der Waals surface area contributed by atoms with Gasteiger partial charge in [-0.3, -0.25) is 4.79 Å². The number of carbonyl (C=O) groups excluding carboxylic acids is 1. The minimum absolute atomic E-state index is 0.00564. The van der Waals surface area contributed by atoms with Gasteiger partial charge in [-0.25, -0.2) is 0 Å². The zero-order chi connectivity index (χ0) is 22.6. The van der Waals surface area contributed by atoms with Gasteiger partial charge in [-0.05, 0) is 53.3 Å². The molecule has 0 saturated carbocycles. The topological polar surface area (TPSA) is 26.3 Å². The van der Waals surface area contributed by atoms with Gasteiger partial charge in [-0.1, -0.05) is 106 Å². The lowest BCUT2D eigenvalue weighted by Gasteiger charge is -2.06. The normalized spacial score (nSPS) is 11.1. The van der Waals surface area contributed by atoms with Crippen LogP contribution in [0.5, 0.6) is 5.75 Å². The number of allylic oxidation sites excluding steroid dienone is 1. The second-order valence-corrected chi connectivity index (χ2v) is 8.20. The van der Waals surface area contributed by atoms with Gasteiger partial charge in [0.05, 0.1) is 6.61 Å². The van der Waals surface area contributed by atoms with Crippen LogP contribution in [-0.2, 0) is 6.42 Å². The number of unbranched alkanes of at least 4 members (excludes halogenated alkanes) is 3. The predicted molar refractivity (Wildman–Crippen MR) is 135 cm³/mol. The minimum atomic E-state index is 0.00564. The van der Waals surface area contributed by atoms with Crippen LogP contribution in [0.1, 0.15) is 67.4 Å². The summed E-state index contributed by atoms with van der Waals surface area (Å²) >= 11 is 0. The fourth-order valence-corrected chi connectivity index (χ4v) is 3.64. The zero-order valence-corrected chi connectivity index (χ0v) is 19.3. The molecule has 0 radical (unpaired) electrons. The third-order valence-corrected chi connectivity index (χ3v) is 5.57. The van der Waals surface area contributed by atoms with E-state index in [2.05, 4.69) is 38.1 Å². The molecular weight excluding hydrogens is 392 g/mol. The molecule has 0 heterocycles. The van der Waals surface area contributed by atoms with Crippen molar-refractivity contribution in [2.24, 2.45) is 0 Å². The van der Waals surface area contributed by atoms with Gasteiger partial charge in [-0.15, -0.1) is 0 Å². The van der Waals surface area contributed by atoms with Crippen molar-refractivity contribution in [1.29, 1.82) is 0 Å². The lowest BCUT2D eigenvalue weighted by Crippen LogP contribution is -1.97. The number of benzene rings is 3. The van der Waals surface area contributed by atoms with Gasteiger partial charge < -0.3 is 4.74 Å². The molecule has 3 aromatic rings. The van der Waals surface area contributed by atoms with Crippen LogP contribution in [0.4, 0.5) is 0 Å². The van der Waals surface area contributed by atoms with Gasteiger partial charge in [0.15, 0.2) is 5.78 Å². The molecule has 0 aliphatic rings. The number of carbonyl (C=O) groups is 1. The minimum Gasteiger partial charge on any atom is -0.494 e. The molecule has 166 valence electrons. The highest BCUT2D eigenvalue weighted by molar-refractivity contribution is 6.07. The quantitative estimate of drug-likeness (QED) is 0.166. The highest BCUT2D eigenvalue weighted by Gasteiger charge is 2.04. The highest BCUT2D eigenvalue weighted by atomic mass is 16.5. The Morgan fingerprint density at radius 2 is 1.41 bits per heavy atom. The van der Waals surface area contributed by atoms with Gasteiger partial charge in [-0.2, -0.15) is 0 Å². The molecular formula is C30H34O2. The van der Waals surface area contributed by atoms with Crippen LogP contribution in [-0.4, -0.2) is 12.4 Å². The number of hydrogen-bond donors (Lipinski definition) is 0. The molecule has 0 N–H and O–H groups in total. The summed E-state index contributed by atoms with van der Waals surface area (Å²) < 4.78 is 5.78. The van der Waals surface area contributed by atoms with Crippen LogP contribution < -0.4 is 4.74 Å². The first-order valence-corrected chi connectivity index (χ1v) is 11.8. The summed E-state index contributed by atoms with van der Waals surface area (Å²) in [4.78, 5) is 12.6. The van der Waals surface area contributed by atoms with E-state index in [0.717, 1.165) is 42.7 Å². The number of hydrogen-bond acceptors (Lipinski definition) is 2. The third-order valence-electron chi connectivity index (χ3n) is 5.57. The fraction of sp³-hybridized carbons (Fsp3) is 0.300. The lowest BCUT2D eigenvalue weighted by molar-refractivity contribution is 0.104. The fourth-order valence-electron chi connectivity index (χ4n) is 3.64. The van der Waals surface area contributed by atoms with Crippen molar-refractivity contribution in [2.75, 3.05) is 6.61 Å². The van der Waals surface area contributed by atoms with E-state index in [1.54, 1.807) is 6.08 Å². The van der Waals surface area contributed by atoms with Gasteiger partial charge >= 0.3 is 0 Å². The molecule has 0 bridgehead atoms. The molecule has 0 aliphatic carbocycles. The number of ketones is 1. The molecule has 2 nitrogen and oxygen atoms in total. The SMILES string of the molecule is CCCCCCOc1ccc(C=CC(=O)c2ccc(-c3ccc(CCC)cc3)cc2)cc1. The van der Waals surface area contributed by atoms with Crippen LogP contribution >= 0.6 is 0 Å². The summed E-state index contributed by atoms with van der Waals surface area (Å²) in [6.45, 7) is 5.16. The van der Waals surface area contributed by atoms with Crippen LogP contribution in [0.15, 0.2) is 78.9 Å². The Morgan fingerprint density at radius 1 is 0.750 bits per heavy atom. The number of rotatable bonds is 12. The van der Waals surface area contributed by atoms with Gasteiger partial charge in [0.1, 0.15) is 5.75 Å². The standard InChI is InChI=1S/C30H34O2/c1-3-5-6-7-23-32-29-20-11-25(12-21-29)13-22-30(31)28-18-16-27(17-19-28)26-14-9-24(8-4-2)10-15-26/h9-22H,3-8,23H2,1-2H3. The average Bonchev–Trinajstić information content (AvgIpc) is 2.84. The van der Waals surface area contributed by atoms with Crippen molar-refractivity contribution in [3.05, 3.63) is 95.6 Å². The third kappa shape index (κ3) is 7.23. The van der Waals surface area contributed by atoms with Gasteiger partial charge in [0.2, 0.25) is 0 Å². The number of ether oxygens (including phenoxy) is 1. The number of aryl methyl sites for hydroxylation is 1. The van der Waals surface area contributed by atoms with Crippen molar-refractivity contribution in [1.82, 2.24) is 0 Å². The molecule has 0 unspecified atom stereocenters. The molecule has 0 saturated heterocycles. The summed E-state index contributed by atoms with van der Waals surface area (Å²) in [7, 11) is 0. The van der Waals surface area contributed by atoms with Crippen molar-refractivity contribution >= 4 is 11.9 Å². The van der Waals surface area contributed by atoms with Gasteiger partial charge in [0.25, 0.3) is 0 Å². The molecule has 0 amide bonds. The Hall–Kier alpha value is -3.13. The monoisotopic (exact) mass is 426 g/mol. The Bertz CT molecular complexity index is 981. The summed E-state index contributed by atoms with van der Waals surface area (Å²) in [5, 5.41) is 0. The van der Waals surface area contributed by atoms with Crippen LogP contribution in [0.3, 0.4) is 0 Å². The smallest absolute Gasteiger partial charge is 0.185 e. The molecule has 3 aromatic carbocycles. The van der Waals surface area contributed by atoms with E-state index in [1.807, 2.05) is 54.6 Å². The second kappa shape index (κ2) is 12.7. The molecule has 32 heavy (non-hydrogen) atoms. The van der Waals surface area contributed by atoms with Crippen molar-refractivity contribution in [2.45, 2.75) is 52.4 Å². The maximum atomic E-state index is 12.6. The predicted octanol–water partition coefficient (Wildman–Crippen LogP) is 8.16. The molecule has 0 spiro atoms. The molecule has 0 fully saturated rings. The van der Waals surface area contributed by atoms with E-state index in [1.165, 1.54) is 30.4 Å². The summed E-state index contributed by atoms with van der Waals surface area (Å²) in [5.74, 6) is 0.884. The van der Waals surface area contributed by atoms with E-state index in [9.17, 15) is 4.79 Å². The molecule has 0 aliphatic heterocycles. The van der Waals surface area contributed by atoms with E-state index < -0.39 is 0 Å². The first-order chi connectivity index (χ1) is 15.7. The van der Waals surface area contributed by atoms with Crippen LogP contribution in [0, 0.1) is 0 Å². The molecule has 3 rings (SSSR count). The maximum absolute atomic E-state index is 12.6. The Labute approximate surface area is 193 Å². The average molecular weight is 427 g/mol. The maximum Gasteiger partial charge on any atom is 0.185 e. The summed E-state index contributed by atoms with van der Waals surface area (Å²) in [6.07, 6.45) is 10.5. The Kier molecular flexibility index (Phi) is 9.31. The largest absolute Gasteiger partial charge is 0.494 e. The van der Waals surface area contributed by atoms with E-state index >= 15 is 0 Å². The molecule has 0 atom stereocenters. The molecule has 2 heteroatoms. The second-order valence-electron chi connectivity index (χ2n) is 8.20. The Balaban J connectivity index is 1.53.